The topological polar surface area (TPSA) is 53.7 Å². The van der Waals surface area contributed by atoms with Gasteiger partial charge in [0, 0.05) is 5.39 Å². The Labute approximate surface area is 111 Å². The zero-order valence-corrected chi connectivity index (χ0v) is 10.8. The predicted molar refractivity (Wildman–Crippen MR) is 72.3 cm³/mol. The second-order valence-corrected chi connectivity index (χ2v) is 5.07. The van der Waals surface area contributed by atoms with E-state index in [-0.39, 0.29) is 0 Å². The van der Waals surface area contributed by atoms with Crippen LogP contribution in [0, 0.1) is 0 Å². The van der Waals surface area contributed by atoms with E-state index in [1.807, 2.05) is 12.1 Å². The number of fused-ring (bicyclic) bond motifs is 1. The normalized spacial score (nSPS) is 16.8. The average Bonchev–Trinajstić information content (AvgIpc) is 2.81. The lowest BCUT2D eigenvalue weighted by atomic mass is 10.1. The number of piperidine rings is 1. The van der Waals surface area contributed by atoms with Crippen molar-refractivity contribution in [3.63, 3.8) is 0 Å². The fourth-order valence-electron chi connectivity index (χ4n) is 2.72. The highest BCUT2D eigenvalue weighted by Crippen LogP contribution is 2.24. The first-order valence-electron chi connectivity index (χ1n) is 6.71. The van der Waals surface area contributed by atoms with Crippen molar-refractivity contribution in [3.05, 3.63) is 35.6 Å². The van der Waals surface area contributed by atoms with Gasteiger partial charge in [0.1, 0.15) is 11.3 Å². The van der Waals surface area contributed by atoms with Gasteiger partial charge in [0.25, 0.3) is 0 Å². The summed E-state index contributed by atoms with van der Waals surface area (Å²) in [5, 5.41) is 9.86. The molecule has 1 N–H and O–H groups in total. The number of hydrogen-bond acceptors (Lipinski definition) is 3. The number of likely N-dealkylation sites (tertiary alicyclic amines) is 1. The van der Waals surface area contributed by atoms with Crippen molar-refractivity contribution in [1.82, 2.24) is 4.90 Å². The molecule has 2 aromatic rings. The van der Waals surface area contributed by atoms with E-state index in [4.69, 9.17) is 9.52 Å². The molecule has 3 rings (SSSR count). The zero-order chi connectivity index (χ0) is 13.2. The van der Waals surface area contributed by atoms with Crippen LogP contribution in [-0.2, 0) is 6.54 Å². The molecule has 0 spiro atoms. The number of furan rings is 1. The van der Waals surface area contributed by atoms with Crippen molar-refractivity contribution in [2.45, 2.75) is 25.8 Å². The Morgan fingerprint density at radius 1 is 1.26 bits per heavy atom. The molecule has 0 radical (unpaired) electrons. The molecule has 1 aromatic heterocycles. The molecule has 1 aliphatic rings. The molecule has 4 heteroatoms. The van der Waals surface area contributed by atoms with Crippen LogP contribution in [-0.4, -0.2) is 29.1 Å². The molecule has 19 heavy (non-hydrogen) atoms. The summed E-state index contributed by atoms with van der Waals surface area (Å²) in [5.74, 6) is -0.0541. The van der Waals surface area contributed by atoms with E-state index in [1.165, 1.54) is 19.3 Å². The summed E-state index contributed by atoms with van der Waals surface area (Å²) >= 11 is 0. The Bertz CT molecular complexity index is 596. The number of carboxylic acids is 1. The maximum atomic E-state index is 11.2. The maximum absolute atomic E-state index is 11.2. The molecule has 1 aromatic carbocycles. The van der Waals surface area contributed by atoms with Crippen molar-refractivity contribution in [2.24, 2.45) is 0 Å². The molecule has 1 fully saturated rings. The monoisotopic (exact) mass is 259 g/mol. The van der Waals surface area contributed by atoms with E-state index >= 15 is 0 Å². The van der Waals surface area contributed by atoms with Crippen LogP contribution in [0.2, 0.25) is 0 Å². The van der Waals surface area contributed by atoms with Crippen LogP contribution in [0.3, 0.4) is 0 Å². The summed E-state index contributed by atoms with van der Waals surface area (Å²) < 4.78 is 5.76. The molecule has 0 unspecified atom stereocenters. The standard InChI is InChI=1S/C15H17NO3/c17-15(18)12-5-4-6-14-13(12)9-11(19-14)10-16-7-2-1-3-8-16/h4-6,9H,1-3,7-8,10H2,(H,17,18). The van der Waals surface area contributed by atoms with Gasteiger partial charge < -0.3 is 9.52 Å². The van der Waals surface area contributed by atoms with Crippen molar-refractivity contribution in [3.8, 4) is 0 Å². The van der Waals surface area contributed by atoms with Crippen LogP contribution in [0.25, 0.3) is 11.0 Å². The van der Waals surface area contributed by atoms with Gasteiger partial charge in [-0.25, -0.2) is 4.79 Å². The fourth-order valence-corrected chi connectivity index (χ4v) is 2.72. The fraction of sp³-hybridized carbons (Fsp3) is 0.400. The first kappa shape index (κ1) is 12.2. The third kappa shape index (κ3) is 2.49. The number of rotatable bonds is 3. The molecule has 0 atom stereocenters. The first-order chi connectivity index (χ1) is 9.24. The van der Waals surface area contributed by atoms with Crippen molar-refractivity contribution >= 4 is 16.9 Å². The second-order valence-electron chi connectivity index (χ2n) is 5.07. The minimum absolute atomic E-state index is 0.311. The van der Waals surface area contributed by atoms with Crippen molar-refractivity contribution < 1.29 is 14.3 Å². The summed E-state index contributed by atoms with van der Waals surface area (Å²) in [5.41, 5.74) is 0.970. The summed E-state index contributed by atoms with van der Waals surface area (Å²) in [6.07, 6.45) is 3.78. The predicted octanol–water partition coefficient (Wildman–Crippen LogP) is 3.12. The number of hydrogen-bond donors (Lipinski definition) is 1. The highest BCUT2D eigenvalue weighted by Gasteiger charge is 2.16. The van der Waals surface area contributed by atoms with Gasteiger partial charge in [0.05, 0.1) is 12.1 Å². The molecule has 2 heterocycles. The van der Waals surface area contributed by atoms with Crippen LogP contribution in [0.15, 0.2) is 28.7 Å². The smallest absolute Gasteiger partial charge is 0.336 e. The van der Waals surface area contributed by atoms with Gasteiger partial charge in [0.15, 0.2) is 0 Å². The van der Waals surface area contributed by atoms with Gasteiger partial charge in [-0.15, -0.1) is 0 Å². The van der Waals surface area contributed by atoms with Crippen LogP contribution < -0.4 is 0 Å². The Kier molecular flexibility index (Phi) is 3.25. The highest BCUT2D eigenvalue weighted by molar-refractivity contribution is 6.02. The lowest BCUT2D eigenvalue weighted by Gasteiger charge is -2.25. The van der Waals surface area contributed by atoms with Crippen LogP contribution in [0.4, 0.5) is 0 Å². The van der Waals surface area contributed by atoms with Crippen LogP contribution >= 0.6 is 0 Å². The molecule has 0 bridgehead atoms. The number of carbonyl (C=O) groups is 1. The largest absolute Gasteiger partial charge is 0.478 e. The van der Waals surface area contributed by atoms with Gasteiger partial charge in [0.2, 0.25) is 0 Å². The van der Waals surface area contributed by atoms with Gasteiger partial charge in [-0.3, -0.25) is 4.90 Å². The van der Waals surface area contributed by atoms with E-state index in [0.29, 0.717) is 16.5 Å². The molecular weight excluding hydrogens is 242 g/mol. The average molecular weight is 259 g/mol. The molecule has 100 valence electrons. The molecule has 0 amide bonds. The van der Waals surface area contributed by atoms with Gasteiger partial charge in [-0.1, -0.05) is 12.5 Å². The summed E-state index contributed by atoms with van der Waals surface area (Å²) in [6.45, 7) is 2.97. The quantitative estimate of drug-likeness (QED) is 0.920. The molecular formula is C15H17NO3. The number of benzene rings is 1. The molecule has 4 nitrogen and oxygen atoms in total. The Balaban J connectivity index is 1.88. The van der Waals surface area contributed by atoms with E-state index in [9.17, 15) is 4.79 Å². The zero-order valence-electron chi connectivity index (χ0n) is 10.8. The van der Waals surface area contributed by atoms with E-state index in [2.05, 4.69) is 4.90 Å². The Hall–Kier alpha value is -1.81. The maximum Gasteiger partial charge on any atom is 0.336 e. The molecule has 1 saturated heterocycles. The summed E-state index contributed by atoms with van der Waals surface area (Å²) in [7, 11) is 0. The minimum Gasteiger partial charge on any atom is -0.478 e. The number of carboxylic acid groups (broad SMARTS) is 1. The van der Waals surface area contributed by atoms with Crippen molar-refractivity contribution in [1.29, 1.82) is 0 Å². The first-order valence-corrected chi connectivity index (χ1v) is 6.71. The number of nitrogens with zero attached hydrogens (tertiary/aromatic N) is 1. The van der Waals surface area contributed by atoms with E-state index in [0.717, 1.165) is 25.4 Å². The molecule has 0 saturated carbocycles. The highest BCUT2D eigenvalue weighted by atomic mass is 16.4. The van der Waals surface area contributed by atoms with E-state index < -0.39 is 5.97 Å². The SMILES string of the molecule is O=C(O)c1cccc2oc(CN3CCCCC3)cc12. The van der Waals surface area contributed by atoms with Crippen LogP contribution in [0.1, 0.15) is 35.4 Å². The second kappa shape index (κ2) is 5.05. The minimum atomic E-state index is -0.907. The summed E-state index contributed by atoms with van der Waals surface area (Å²) in [4.78, 5) is 13.5. The third-order valence-corrected chi connectivity index (χ3v) is 3.67. The summed E-state index contributed by atoms with van der Waals surface area (Å²) in [6, 6.07) is 7.03. The molecule has 0 aliphatic carbocycles. The Morgan fingerprint density at radius 2 is 2.05 bits per heavy atom. The lowest BCUT2D eigenvalue weighted by Crippen LogP contribution is -2.28. The lowest BCUT2D eigenvalue weighted by molar-refractivity contribution is 0.0699. The van der Waals surface area contributed by atoms with E-state index in [1.54, 1.807) is 12.1 Å². The molecule has 1 aliphatic heterocycles. The van der Waals surface area contributed by atoms with Gasteiger partial charge in [-0.05, 0) is 44.1 Å². The number of aromatic carboxylic acids is 1. The van der Waals surface area contributed by atoms with Crippen LogP contribution in [0.5, 0.6) is 0 Å². The Morgan fingerprint density at radius 3 is 2.79 bits per heavy atom. The third-order valence-electron chi connectivity index (χ3n) is 3.67. The van der Waals surface area contributed by atoms with Crippen molar-refractivity contribution in [2.75, 3.05) is 13.1 Å². The van der Waals surface area contributed by atoms with Gasteiger partial charge >= 0.3 is 5.97 Å². The van der Waals surface area contributed by atoms with Gasteiger partial charge in [-0.2, -0.15) is 0 Å².